The molecule has 3 rings (SSSR count). The molecule has 1 N–H and O–H groups in total. The lowest BCUT2D eigenvalue weighted by Crippen LogP contribution is -2.15. The van der Waals surface area contributed by atoms with Gasteiger partial charge in [-0.05, 0) is 42.5 Å². The van der Waals surface area contributed by atoms with Crippen molar-refractivity contribution in [3.8, 4) is 11.5 Å². The summed E-state index contributed by atoms with van der Waals surface area (Å²) >= 11 is 0. The van der Waals surface area contributed by atoms with E-state index in [0.717, 1.165) is 19.2 Å². The van der Waals surface area contributed by atoms with Gasteiger partial charge in [-0.25, -0.2) is 18.4 Å². The van der Waals surface area contributed by atoms with E-state index in [2.05, 4.69) is 10.1 Å². The van der Waals surface area contributed by atoms with Gasteiger partial charge < -0.3 is 19.5 Å². The Morgan fingerprint density at radius 1 is 0.781 bits per heavy atom. The number of benzene rings is 3. The zero-order chi connectivity index (χ0) is 23.3. The first kappa shape index (κ1) is 22.4. The summed E-state index contributed by atoms with van der Waals surface area (Å²) in [4.78, 5) is 36.4. The van der Waals surface area contributed by atoms with Gasteiger partial charge in [0.05, 0.1) is 36.6 Å². The van der Waals surface area contributed by atoms with E-state index in [0.29, 0.717) is 0 Å². The van der Waals surface area contributed by atoms with Gasteiger partial charge in [-0.2, -0.15) is 0 Å². The topological polar surface area (TPSA) is 90.9 Å². The number of ether oxygens (including phenoxy) is 3. The van der Waals surface area contributed by atoms with Crippen LogP contribution in [0.3, 0.4) is 0 Å². The number of nitrogens with one attached hydrogen (secondary N) is 1. The van der Waals surface area contributed by atoms with Crippen LogP contribution in [0.5, 0.6) is 11.5 Å². The SMILES string of the molecule is COC(=O)c1ccc(Oc2ccccc2NC(=O)c2cccc(F)c2F)cc1C(=O)OC. The maximum Gasteiger partial charge on any atom is 0.338 e. The Morgan fingerprint density at radius 2 is 1.47 bits per heavy atom. The molecule has 0 unspecified atom stereocenters. The number of esters is 2. The fraction of sp³-hybridized carbons (Fsp3) is 0.0870. The summed E-state index contributed by atoms with van der Waals surface area (Å²) < 4.78 is 42.5. The average molecular weight is 441 g/mol. The summed E-state index contributed by atoms with van der Waals surface area (Å²) in [5, 5.41) is 2.47. The van der Waals surface area contributed by atoms with Gasteiger partial charge in [-0.3, -0.25) is 4.79 Å². The number of para-hydroxylation sites is 2. The number of methoxy groups -OCH3 is 2. The van der Waals surface area contributed by atoms with Gasteiger partial charge in [0.15, 0.2) is 17.4 Å². The Bertz CT molecular complexity index is 1190. The molecule has 0 aliphatic rings. The quantitative estimate of drug-likeness (QED) is 0.563. The van der Waals surface area contributed by atoms with Crippen molar-refractivity contribution in [3.05, 3.63) is 89.0 Å². The molecule has 3 aromatic carbocycles. The second-order valence-corrected chi connectivity index (χ2v) is 6.34. The molecule has 32 heavy (non-hydrogen) atoms. The van der Waals surface area contributed by atoms with Gasteiger partial charge in [0.2, 0.25) is 0 Å². The molecule has 9 heteroatoms. The number of carbonyl (C=O) groups is 3. The average Bonchev–Trinajstić information content (AvgIpc) is 2.81. The zero-order valence-corrected chi connectivity index (χ0v) is 17.0. The van der Waals surface area contributed by atoms with Crippen LogP contribution in [0, 0.1) is 11.6 Å². The van der Waals surface area contributed by atoms with Gasteiger partial charge in [-0.1, -0.05) is 18.2 Å². The van der Waals surface area contributed by atoms with Gasteiger partial charge >= 0.3 is 11.9 Å². The molecule has 0 fully saturated rings. The van der Waals surface area contributed by atoms with Crippen molar-refractivity contribution in [2.45, 2.75) is 0 Å². The fourth-order valence-corrected chi connectivity index (χ4v) is 2.81. The molecular formula is C23H17F2NO6. The van der Waals surface area contributed by atoms with Crippen molar-refractivity contribution in [2.75, 3.05) is 19.5 Å². The summed E-state index contributed by atoms with van der Waals surface area (Å²) in [6.45, 7) is 0. The molecule has 164 valence electrons. The van der Waals surface area contributed by atoms with E-state index in [9.17, 15) is 23.2 Å². The van der Waals surface area contributed by atoms with Crippen LogP contribution < -0.4 is 10.1 Å². The molecule has 0 heterocycles. The number of anilines is 1. The highest BCUT2D eigenvalue weighted by atomic mass is 19.2. The number of rotatable bonds is 6. The number of hydrogen-bond acceptors (Lipinski definition) is 6. The van der Waals surface area contributed by atoms with E-state index < -0.39 is 35.0 Å². The summed E-state index contributed by atoms with van der Waals surface area (Å²) in [5.74, 6) is -4.51. The Balaban J connectivity index is 1.91. The van der Waals surface area contributed by atoms with Gasteiger partial charge in [0.25, 0.3) is 5.91 Å². The Labute approximate surface area is 181 Å². The van der Waals surface area contributed by atoms with Crippen molar-refractivity contribution in [1.29, 1.82) is 0 Å². The molecule has 0 atom stereocenters. The van der Waals surface area contributed by atoms with Crippen LogP contribution in [0.1, 0.15) is 31.1 Å². The van der Waals surface area contributed by atoms with Crippen molar-refractivity contribution in [3.63, 3.8) is 0 Å². The molecule has 0 radical (unpaired) electrons. The minimum Gasteiger partial charge on any atom is -0.465 e. The fourth-order valence-electron chi connectivity index (χ4n) is 2.81. The van der Waals surface area contributed by atoms with Crippen molar-refractivity contribution in [2.24, 2.45) is 0 Å². The molecular weight excluding hydrogens is 424 g/mol. The van der Waals surface area contributed by atoms with E-state index in [1.807, 2.05) is 0 Å². The number of halogens is 2. The molecule has 0 aromatic heterocycles. The normalized spacial score (nSPS) is 10.2. The first-order valence-electron chi connectivity index (χ1n) is 9.18. The molecule has 3 aromatic rings. The van der Waals surface area contributed by atoms with Crippen molar-refractivity contribution in [1.82, 2.24) is 0 Å². The van der Waals surface area contributed by atoms with Crippen LogP contribution in [0.15, 0.2) is 60.7 Å². The predicted molar refractivity (Wildman–Crippen MR) is 110 cm³/mol. The third-order valence-corrected chi connectivity index (χ3v) is 4.36. The highest BCUT2D eigenvalue weighted by Gasteiger charge is 2.21. The second-order valence-electron chi connectivity index (χ2n) is 6.34. The van der Waals surface area contributed by atoms with Crippen LogP contribution >= 0.6 is 0 Å². The molecule has 0 bridgehead atoms. The third kappa shape index (κ3) is 4.72. The first-order valence-corrected chi connectivity index (χ1v) is 9.18. The molecule has 0 saturated heterocycles. The summed E-state index contributed by atoms with van der Waals surface area (Å²) in [6.07, 6.45) is 0. The highest BCUT2D eigenvalue weighted by molar-refractivity contribution is 6.05. The van der Waals surface area contributed by atoms with Gasteiger partial charge in [-0.15, -0.1) is 0 Å². The molecule has 0 spiro atoms. The van der Waals surface area contributed by atoms with Gasteiger partial charge in [0.1, 0.15) is 5.75 Å². The van der Waals surface area contributed by atoms with Crippen LogP contribution in [-0.2, 0) is 9.47 Å². The molecule has 0 aliphatic heterocycles. The molecule has 7 nitrogen and oxygen atoms in total. The summed E-state index contributed by atoms with van der Waals surface area (Å²) in [6, 6.07) is 13.5. The standard InChI is InChI=1S/C23H17F2NO6/c1-30-22(28)14-11-10-13(12-16(14)23(29)31-2)32-19-9-4-3-8-18(19)26-21(27)15-6-5-7-17(24)20(15)25/h3-12H,1-2H3,(H,26,27). The highest BCUT2D eigenvalue weighted by Crippen LogP contribution is 2.31. The molecule has 1 amide bonds. The van der Waals surface area contributed by atoms with Crippen LogP contribution in [0.25, 0.3) is 0 Å². The first-order chi connectivity index (χ1) is 15.3. The number of carbonyl (C=O) groups excluding carboxylic acids is 3. The van der Waals surface area contributed by atoms with E-state index >= 15 is 0 Å². The molecule has 0 saturated carbocycles. The van der Waals surface area contributed by atoms with Crippen LogP contribution in [-0.4, -0.2) is 32.1 Å². The third-order valence-electron chi connectivity index (χ3n) is 4.36. The van der Waals surface area contributed by atoms with E-state index in [-0.39, 0.29) is 28.3 Å². The second kappa shape index (κ2) is 9.69. The van der Waals surface area contributed by atoms with Gasteiger partial charge in [0, 0.05) is 0 Å². The maximum absolute atomic E-state index is 13.9. The Hall–Kier alpha value is -4.27. The number of hydrogen-bond donors (Lipinski definition) is 1. The lowest BCUT2D eigenvalue weighted by molar-refractivity contribution is 0.0555. The largest absolute Gasteiger partial charge is 0.465 e. The maximum atomic E-state index is 13.9. The van der Waals surface area contributed by atoms with E-state index in [4.69, 9.17) is 9.47 Å². The number of amides is 1. The van der Waals surface area contributed by atoms with Crippen molar-refractivity contribution < 1.29 is 37.4 Å². The Morgan fingerprint density at radius 3 is 2.19 bits per heavy atom. The monoisotopic (exact) mass is 441 g/mol. The van der Waals surface area contributed by atoms with Crippen LogP contribution in [0.2, 0.25) is 0 Å². The van der Waals surface area contributed by atoms with E-state index in [1.165, 1.54) is 43.5 Å². The van der Waals surface area contributed by atoms with E-state index in [1.54, 1.807) is 12.1 Å². The predicted octanol–water partition coefficient (Wildman–Crippen LogP) is 4.58. The summed E-state index contributed by atoms with van der Waals surface area (Å²) in [7, 11) is 2.33. The Kier molecular flexibility index (Phi) is 6.79. The van der Waals surface area contributed by atoms with Crippen LogP contribution in [0.4, 0.5) is 14.5 Å². The molecule has 0 aliphatic carbocycles. The zero-order valence-electron chi connectivity index (χ0n) is 17.0. The summed E-state index contributed by atoms with van der Waals surface area (Å²) in [5.41, 5.74) is -0.414. The lowest BCUT2D eigenvalue weighted by atomic mass is 10.1. The lowest BCUT2D eigenvalue weighted by Gasteiger charge is -2.14. The minimum absolute atomic E-state index is 0.0186. The smallest absolute Gasteiger partial charge is 0.338 e. The minimum atomic E-state index is -1.27. The van der Waals surface area contributed by atoms with Crippen molar-refractivity contribution >= 4 is 23.5 Å².